The molecule has 4 aromatic heterocycles. The summed E-state index contributed by atoms with van der Waals surface area (Å²) < 4.78 is 33.9. The number of carbonyl (C=O) groups is 1. The summed E-state index contributed by atoms with van der Waals surface area (Å²) in [4.78, 5) is 20.9. The van der Waals surface area contributed by atoms with Gasteiger partial charge >= 0.3 is 0 Å². The first-order valence-electron chi connectivity index (χ1n) is 9.87. The smallest absolute Gasteiger partial charge is 0.273 e. The Balaban J connectivity index is 1.60. The van der Waals surface area contributed by atoms with E-state index in [1.54, 1.807) is 23.0 Å². The minimum absolute atomic E-state index is 0.0835. The zero-order chi connectivity index (χ0) is 23.8. The topological polar surface area (TPSA) is 98.7 Å². The Morgan fingerprint density at radius 3 is 2.73 bits per heavy atom. The van der Waals surface area contributed by atoms with Crippen molar-refractivity contribution in [3.63, 3.8) is 0 Å². The first-order chi connectivity index (χ1) is 15.7. The first-order valence-corrected chi connectivity index (χ1v) is 10.3. The molecule has 4 aromatic rings. The van der Waals surface area contributed by atoms with Gasteiger partial charge in [0.1, 0.15) is 16.7 Å². The Bertz CT molecular complexity index is 1340. The van der Waals surface area contributed by atoms with E-state index in [4.69, 9.17) is 16.1 Å². The molecule has 0 fully saturated rings. The lowest BCUT2D eigenvalue weighted by Gasteiger charge is -2.29. The number of nitrogens with zero attached hydrogens (tertiary/aromatic N) is 5. The fourth-order valence-electron chi connectivity index (χ4n) is 3.52. The van der Waals surface area contributed by atoms with E-state index in [9.17, 15) is 13.6 Å². The van der Waals surface area contributed by atoms with E-state index in [-0.39, 0.29) is 23.7 Å². The molecule has 1 unspecified atom stereocenters. The van der Waals surface area contributed by atoms with E-state index in [0.717, 1.165) is 17.5 Å². The van der Waals surface area contributed by atoms with E-state index < -0.39 is 23.0 Å². The maximum absolute atomic E-state index is 14.0. The highest BCUT2D eigenvalue weighted by molar-refractivity contribution is 6.29. The van der Waals surface area contributed by atoms with Crippen LogP contribution >= 0.6 is 11.6 Å². The van der Waals surface area contributed by atoms with Crippen LogP contribution in [-0.4, -0.2) is 37.4 Å². The number of halogens is 3. The first kappa shape index (κ1) is 22.5. The van der Waals surface area contributed by atoms with Gasteiger partial charge < -0.3 is 9.84 Å². The van der Waals surface area contributed by atoms with Crippen LogP contribution in [0.25, 0.3) is 11.5 Å². The molecular weight excluding hydrogens is 454 g/mol. The van der Waals surface area contributed by atoms with Gasteiger partial charge in [-0.1, -0.05) is 22.8 Å². The Kier molecular flexibility index (Phi) is 5.94. The van der Waals surface area contributed by atoms with Crippen LogP contribution in [-0.2, 0) is 12.5 Å². The lowest BCUT2D eigenvalue weighted by molar-refractivity contribution is 0.0938. The van der Waals surface area contributed by atoms with Crippen LogP contribution < -0.4 is 5.32 Å². The molecule has 1 N–H and O–H groups in total. The molecule has 0 aliphatic carbocycles. The number of carbonyl (C=O) groups excluding carboxylic acids is 1. The fourth-order valence-corrected chi connectivity index (χ4v) is 3.68. The molecule has 0 aromatic carbocycles. The van der Waals surface area contributed by atoms with E-state index in [2.05, 4.69) is 25.5 Å². The summed E-state index contributed by atoms with van der Waals surface area (Å²) >= 11 is 6.12. The lowest BCUT2D eigenvalue weighted by atomic mass is 9.79. The number of aromatic nitrogens is 5. The molecule has 1 amide bonds. The monoisotopic (exact) mass is 472 g/mol. The predicted octanol–water partition coefficient (Wildman–Crippen LogP) is 3.84. The Hall–Kier alpha value is -3.66. The number of pyridine rings is 2. The van der Waals surface area contributed by atoms with Gasteiger partial charge in [0.05, 0.1) is 23.5 Å². The van der Waals surface area contributed by atoms with Crippen LogP contribution in [0.1, 0.15) is 34.4 Å². The maximum atomic E-state index is 14.0. The largest absolute Gasteiger partial charge is 0.354 e. The normalized spacial score (nSPS) is 13.0. The molecule has 33 heavy (non-hydrogen) atoms. The third-order valence-electron chi connectivity index (χ3n) is 5.50. The molecule has 0 bridgehead atoms. The van der Waals surface area contributed by atoms with Gasteiger partial charge in [-0.2, -0.15) is 5.10 Å². The summed E-state index contributed by atoms with van der Waals surface area (Å²) in [5.41, 5.74) is 1.30. The second-order valence-electron chi connectivity index (χ2n) is 7.69. The summed E-state index contributed by atoms with van der Waals surface area (Å²) in [5.74, 6) is -2.40. The molecule has 0 radical (unpaired) electrons. The van der Waals surface area contributed by atoms with Gasteiger partial charge in [-0.25, -0.2) is 18.7 Å². The van der Waals surface area contributed by atoms with Crippen LogP contribution in [0.15, 0.2) is 47.2 Å². The molecule has 0 aliphatic rings. The summed E-state index contributed by atoms with van der Waals surface area (Å²) in [6.07, 6.45) is 2.57. The molecule has 0 aliphatic heterocycles. The summed E-state index contributed by atoms with van der Waals surface area (Å²) in [7, 11) is 1.82. The van der Waals surface area contributed by atoms with Crippen molar-refractivity contribution in [2.75, 3.05) is 6.54 Å². The van der Waals surface area contributed by atoms with Gasteiger partial charge in [-0.05, 0) is 26.0 Å². The highest BCUT2D eigenvalue weighted by Crippen LogP contribution is 2.33. The van der Waals surface area contributed by atoms with E-state index in [1.165, 1.54) is 6.07 Å². The molecule has 0 spiro atoms. The average Bonchev–Trinajstić information content (AvgIpc) is 3.39. The molecule has 4 rings (SSSR count). The fraction of sp³-hybridized carbons (Fsp3) is 0.227. The summed E-state index contributed by atoms with van der Waals surface area (Å²) in [6.45, 7) is 3.97. The maximum Gasteiger partial charge on any atom is 0.273 e. The second kappa shape index (κ2) is 8.70. The summed E-state index contributed by atoms with van der Waals surface area (Å²) in [5, 5.41) is 11.2. The highest BCUT2D eigenvalue weighted by Gasteiger charge is 2.35. The minimum atomic E-state index is -0.926. The van der Waals surface area contributed by atoms with Gasteiger partial charge in [0.2, 0.25) is 0 Å². The molecule has 1 atom stereocenters. The van der Waals surface area contributed by atoms with Crippen molar-refractivity contribution in [1.29, 1.82) is 0 Å². The Morgan fingerprint density at radius 2 is 2.06 bits per heavy atom. The van der Waals surface area contributed by atoms with Gasteiger partial charge in [0.25, 0.3) is 5.91 Å². The van der Waals surface area contributed by atoms with Crippen molar-refractivity contribution in [2.45, 2.75) is 19.3 Å². The average molecular weight is 473 g/mol. The van der Waals surface area contributed by atoms with Gasteiger partial charge in [-0.15, -0.1) is 0 Å². The van der Waals surface area contributed by atoms with Crippen molar-refractivity contribution in [2.24, 2.45) is 7.05 Å². The molecule has 8 nitrogen and oxygen atoms in total. The molecular formula is C22H19ClF2N6O2. The van der Waals surface area contributed by atoms with Crippen molar-refractivity contribution in [3.05, 3.63) is 82.2 Å². The van der Waals surface area contributed by atoms with Crippen molar-refractivity contribution in [3.8, 4) is 11.5 Å². The Morgan fingerprint density at radius 1 is 1.27 bits per heavy atom. The SMILES string of the molecule is Cc1c(C(C)(CNC(=O)c2cc(-c3ncc(F)cc3F)on2)c2cccc(Cl)n2)cnn1C. The van der Waals surface area contributed by atoms with Gasteiger partial charge in [-0.3, -0.25) is 9.48 Å². The van der Waals surface area contributed by atoms with E-state index in [0.29, 0.717) is 16.9 Å². The van der Waals surface area contributed by atoms with E-state index >= 15 is 0 Å². The zero-order valence-corrected chi connectivity index (χ0v) is 18.7. The summed E-state index contributed by atoms with van der Waals surface area (Å²) in [6, 6.07) is 7.18. The van der Waals surface area contributed by atoms with Gasteiger partial charge in [0, 0.05) is 37.0 Å². The van der Waals surface area contributed by atoms with Gasteiger partial charge in [0.15, 0.2) is 17.3 Å². The molecule has 11 heteroatoms. The van der Waals surface area contributed by atoms with Crippen molar-refractivity contribution >= 4 is 17.5 Å². The van der Waals surface area contributed by atoms with Crippen LogP contribution in [0.4, 0.5) is 8.78 Å². The number of nitrogens with one attached hydrogen (secondary N) is 1. The Labute approximate surface area is 192 Å². The van der Waals surface area contributed by atoms with Crippen LogP contribution in [0.5, 0.6) is 0 Å². The third-order valence-corrected chi connectivity index (χ3v) is 5.71. The number of aryl methyl sites for hydroxylation is 1. The van der Waals surface area contributed by atoms with Crippen LogP contribution in [0.3, 0.4) is 0 Å². The standard InChI is InChI=1S/C22H19ClF2N6O2/c1-12-14(10-28-31(12)3)22(2,18-5-4-6-19(23)29-18)11-27-21(32)16-8-17(33-30-16)20-15(25)7-13(24)9-26-20/h4-10H,11H2,1-3H3,(H,27,32). The van der Waals surface area contributed by atoms with Crippen LogP contribution in [0.2, 0.25) is 5.15 Å². The molecule has 170 valence electrons. The highest BCUT2D eigenvalue weighted by atomic mass is 35.5. The molecule has 0 saturated carbocycles. The number of hydrogen-bond acceptors (Lipinski definition) is 6. The number of rotatable bonds is 6. The van der Waals surface area contributed by atoms with Crippen LogP contribution in [0, 0.1) is 18.6 Å². The number of hydrogen-bond donors (Lipinski definition) is 1. The second-order valence-corrected chi connectivity index (χ2v) is 8.08. The zero-order valence-electron chi connectivity index (χ0n) is 17.9. The lowest BCUT2D eigenvalue weighted by Crippen LogP contribution is -2.40. The van der Waals surface area contributed by atoms with Crippen molar-refractivity contribution in [1.82, 2.24) is 30.2 Å². The number of amides is 1. The van der Waals surface area contributed by atoms with Crippen molar-refractivity contribution < 1.29 is 18.1 Å². The van der Waals surface area contributed by atoms with E-state index in [1.807, 2.05) is 27.0 Å². The quantitative estimate of drug-likeness (QED) is 0.428. The molecule has 4 heterocycles. The third kappa shape index (κ3) is 4.34. The molecule has 0 saturated heterocycles. The predicted molar refractivity (Wildman–Crippen MR) is 116 cm³/mol. The minimum Gasteiger partial charge on any atom is -0.354 e.